The number of thiophene rings is 1. The van der Waals surface area contributed by atoms with Crippen LogP contribution < -0.4 is 11.0 Å². The zero-order valence-corrected chi connectivity index (χ0v) is 14.4. The third-order valence-corrected chi connectivity index (χ3v) is 4.96. The molecular weight excluding hydrogens is 340 g/mol. The number of carbonyl (C=O) groups is 1. The molecule has 0 bridgehead atoms. The van der Waals surface area contributed by atoms with E-state index in [1.165, 1.54) is 4.68 Å². The lowest BCUT2D eigenvalue weighted by molar-refractivity contribution is -0.120. The quantitative estimate of drug-likeness (QED) is 0.701. The number of hydrogen-bond acceptors (Lipinski definition) is 5. The fraction of sp³-hybridized carbons (Fsp3) is 0.353. The Morgan fingerprint density at radius 1 is 1.36 bits per heavy atom. The molecule has 0 aliphatic heterocycles. The van der Waals surface area contributed by atoms with E-state index in [0.717, 1.165) is 17.7 Å². The maximum atomic E-state index is 12.6. The van der Waals surface area contributed by atoms with E-state index in [0.29, 0.717) is 31.1 Å². The van der Waals surface area contributed by atoms with Crippen molar-refractivity contribution in [2.24, 2.45) is 0 Å². The van der Waals surface area contributed by atoms with Crippen molar-refractivity contribution in [2.45, 2.75) is 31.8 Å². The lowest BCUT2D eigenvalue weighted by Gasteiger charge is -2.03. The predicted molar refractivity (Wildman–Crippen MR) is 93.5 cm³/mol. The van der Waals surface area contributed by atoms with Crippen molar-refractivity contribution in [3.05, 3.63) is 51.3 Å². The summed E-state index contributed by atoms with van der Waals surface area (Å²) < 4.78 is 8.51. The van der Waals surface area contributed by atoms with Gasteiger partial charge < -0.3 is 9.73 Å². The zero-order valence-electron chi connectivity index (χ0n) is 13.6. The summed E-state index contributed by atoms with van der Waals surface area (Å²) in [5.41, 5.74) is -0.151. The van der Waals surface area contributed by atoms with Crippen molar-refractivity contribution in [2.75, 3.05) is 6.54 Å². The van der Waals surface area contributed by atoms with E-state index in [1.54, 1.807) is 34.3 Å². The first-order valence-corrected chi connectivity index (χ1v) is 9.12. The molecule has 7 nitrogen and oxygen atoms in total. The third-order valence-electron chi connectivity index (χ3n) is 4.08. The van der Waals surface area contributed by atoms with Crippen LogP contribution in [0.1, 0.15) is 23.8 Å². The number of nitrogens with zero attached hydrogens (tertiary/aromatic N) is 3. The normalized spacial score (nSPS) is 13.9. The highest BCUT2D eigenvalue weighted by Gasteiger charge is 2.31. The highest BCUT2D eigenvalue weighted by atomic mass is 32.1. The van der Waals surface area contributed by atoms with E-state index >= 15 is 0 Å². The lowest BCUT2D eigenvalue weighted by atomic mass is 10.3. The summed E-state index contributed by atoms with van der Waals surface area (Å²) in [4.78, 5) is 25.6. The van der Waals surface area contributed by atoms with Crippen LogP contribution in [0.4, 0.5) is 0 Å². The molecule has 0 aromatic carbocycles. The molecule has 1 aliphatic carbocycles. The van der Waals surface area contributed by atoms with Gasteiger partial charge in [0, 0.05) is 17.5 Å². The summed E-state index contributed by atoms with van der Waals surface area (Å²) in [6.07, 6.45) is 3.90. The fourth-order valence-electron chi connectivity index (χ4n) is 2.74. The SMILES string of the molecule is O=C(Cc1cccs1)NCCn1nc(-c2ccco2)n(C2CC2)c1=O. The van der Waals surface area contributed by atoms with Crippen molar-refractivity contribution in [3.63, 3.8) is 0 Å². The Hall–Kier alpha value is -2.61. The Morgan fingerprint density at radius 2 is 2.24 bits per heavy atom. The molecule has 130 valence electrons. The van der Waals surface area contributed by atoms with Crippen LogP contribution in [0.15, 0.2) is 45.1 Å². The molecule has 0 atom stereocenters. The van der Waals surface area contributed by atoms with Crippen LogP contribution in [-0.2, 0) is 17.8 Å². The molecule has 4 rings (SSSR count). The van der Waals surface area contributed by atoms with Gasteiger partial charge in [0.25, 0.3) is 0 Å². The minimum Gasteiger partial charge on any atom is -0.461 e. The van der Waals surface area contributed by atoms with E-state index in [9.17, 15) is 9.59 Å². The van der Waals surface area contributed by atoms with Gasteiger partial charge in [-0.15, -0.1) is 16.4 Å². The van der Waals surface area contributed by atoms with Crippen molar-refractivity contribution in [3.8, 4) is 11.6 Å². The molecule has 0 unspecified atom stereocenters. The summed E-state index contributed by atoms with van der Waals surface area (Å²) >= 11 is 1.56. The monoisotopic (exact) mass is 358 g/mol. The Bertz CT molecular complexity index is 905. The Kier molecular flexibility index (Phi) is 4.27. The average Bonchev–Trinajstić information content (AvgIpc) is 3.02. The van der Waals surface area contributed by atoms with E-state index in [2.05, 4.69) is 10.4 Å². The van der Waals surface area contributed by atoms with Gasteiger partial charge in [-0.05, 0) is 36.4 Å². The second kappa shape index (κ2) is 6.72. The van der Waals surface area contributed by atoms with Crippen LogP contribution >= 0.6 is 11.3 Å². The van der Waals surface area contributed by atoms with Gasteiger partial charge >= 0.3 is 5.69 Å². The number of amides is 1. The molecule has 1 fully saturated rings. The van der Waals surface area contributed by atoms with Crippen LogP contribution in [0.25, 0.3) is 11.6 Å². The maximum absolute atomic E-state index is 12.6. The van der Waals surface area contributed by atoms with E-state index in [1.807, 2.05) is 17.5 Å². The molecule has 25 heavy (non-hydrogen) atoms. The number of nitrogens with one attached hydrogen (secondary N) is 1. The van der Waals surface area contributed by atoms with Crippen LogP contribution in [0, 0.1) is 0 Å². The number of furan rings is 1. The maximum Gasteiger partial charge on any atom is 0.346 e. The number of rotatable bonds is 7. The fourth-order valence-corrected chi connectivity index (χ4v) is 3.44. The largest absolute Gasteiger partial charge is 0.461 e. The standard InChI is InChI=1S/C17H18N4O3S/c22-15(11-13-3-2-10-25-13)18-7-8-20-17(23)21(12-5-6-12)16(19-20)14-4-1-9-24-14/h1-4,9-10,12H,5-8,11H2,(H,18,22). The minimum atomic E-state index is -0.151. The predicted octanol–water partition coefficient (Wildman–Crippen LogP) is 2.06. The Labute approximate surface area is 147 Å². The number of hydrogen-bond donors (Lipinski definition) is 1. The van der Waals surface area contributed by atoms with Crippen LogP contribution in [0.2, 0.25) is 0 Å². The highest BCUT2D eigenvalue weighted by Crippen LogP contribution is 2.36. The van der Waals surface area contributed by atoms with E-state index in [-0.39, 0.29) is 17.6 Å². The summed E-state index contributed by atoms with van der Waals surface area (Å²) in [7, 11) is 0. The molecular formula is C17H18N4O3S. The molecule has 0 radical (unpaired) electrons. The number of aromatic nitrogens is 3. The Balaban J connectivity index is 1.43. The second-order valence-electron chi connectivity index (χ2n) is 6.01. The van der Waals surface area contributed by atoms with Crippen molar-refractivity contribution in [1.29, 1.82) is 0 Å². The molecule has 1 saturated carbocycles. The topological polar surface area (TPSA) is 82.1 Å². The van der Waals surface area contributed by atoms with Crippen molar-refractivity contribution >= 4 is 17.2 Å². The molecule has 1 aliphatic rings. The van der Waals surface area contributed by atoms with Gasteiger partial charge in [0.15, 0.2) is 5.76 Å². The van der Waals surface area contributed by atoms with Gasteiger partial charge in [0.05, 0.1) is 19.2 Å². The summed E-state index contributed by atoms with van der Waals surface area (Å²) in [5.74, 6) is 1.09. The van der Waals surface area contributed by atoms with Crippen LogP contribution in [-0.4, -0.2) is 26.8 Å². The summed E-state index contributed by atoms with van der Waals surface area (Å²) in [6.45, 7) is 0.700. The van der Waals surface area contributed by atoms with Gasteiger partial charge in [0.1, 0.15) is 0 Å². The molecule has 8 heteroatoms. The molecule has 0 saturated heterocycles. The molecule has 0 spiro atoms. The first-order chi connectivity index (χ1) is 12.2. The molecule has 3 heterocycles. The first kappa shape index (κ1) is 15.9. The zero-order chi connectivity index (χ0) is 17.2. The van der Waals surface area contributed by atoms with Crippen molar-refractivity contribution < 1.29 is 9.21 Å². The molecule has 3 aromatic heterocycles. The highest BCUT2D eigenvalue weighted by molar-refractivity contribution is 7.10. The van der Waals surface area contributed by atoms with Gasteiger partial charge in [-0.2, -0.15) is 0 Å². The van der Waals surface area contributed by atoms with E-state index < -0.39 is 0 Å². The van der Waals surface area contributed by atoms with Gasteiger partial charge in [0.2, 0.25) is 11.7 Å². The average molecular weight is 358 g/mol. The third kappa shape index (κ3) is 3.43. The Morgan fingerprint density at radius 3 is 2.92 bits per heavy atom. The molecule has 1 amide bonds. The number of carbonyl (C=O) groups excluding carboxylic acids is 1. The summed E-state index contributed by atoms with van der Waals surface area (Å²) in [5, 5.41) is 9.20. The smallest absolute Gasteiger partial charge is 0.346 e. The summed E-state index contributed by atoms with van der Waals surface area (Å²) in [6, 6.07) is 7.64. The first-order valence-electron chi connectivity index (χ1n) is 8.24. The van der Waals surface area contributed by atoms with E-state index in [4.69, 9.17) is 4.42 Å². The van der Waals surface area contributed by atoms with Gasteiger partial charge in [-0.25, -0.2) is 9.48 Å². The molecule has 1 N–H and O–H groups in total. The second-order valence-corrected chi connectivity index (χ2v) is 7.05. The van der Waals surface area contributed by atoms with Gasteiger partial charge in [-0.1, -0.05) is 6.07 Å². The van der Waals surface area contributed by atoms with Crippen LogP contribution in [0.5, 0.6) is 0 Å². The molecule has 3 aromatic rings. The lowest BCUT2D eigenvalue weighted by Crippen LogP contribution is -2.32. The van der Waals surface area contributed by atoms with Crippen LogP contribution in [0.3, 0.4) is 0 Å². The van der Waals surface area contributed by atoms with Gasteiger partial charge in [-0.3, -0.25) is 9.36 Å². The van der Waals surface area contributed by atoms with Crippen molar-refractivity contribution in [1.82, 2.24) is 19.7 Å². The minimum absolute atomic E-state index is 0.0524.